The Labute approximate surface area is 182 Å². The number of rotatable bonds is 4. The van der Waals surface area contributed by atoms with Crippen LogP contribution in [0.4, 0.5) is 32.0 Å². The van der Waals surface area contributed by atoms with Crippen LogP contribution in [0.2, 0.25) is 0 Å². The van der Waals surface area contributed by atoms with E-state index >= 15 is 0 Å². The number of nitrogens with zero attached hydrogens (tertiary/aromatic N) is 1. The summed E-state index contributed by atoms with van der Waals surface area (Å²) in [6.45, 7) is 3.89. The summed E-state index contributed by atoms with van der Waals surface area (Å²) in [5, 5.41) is 9.49. The lowest BCUT2D eigenvalue weighted by molar-refractivity contribution is -0.376. The maximum atomic E-state index is 13.0. The zero-order valence-corrected chi connectivity index (χ0v) is 17.4. The molecule has 1 aliphatic rings. The van der Waals surface area contributed by atoms with Gasteiger partial charge in [-0.25, -0.2) is 0 Å². The number of likely N-dealkylation sites (tertiary alicyclic amines) is 1. The van der Waals surface area contributed by atoms with E-state index in [1.54, 1.807) is 0 Å². The van der Waals surface area contributed by atoms with Gasteiger partial charge in [0.05, 0.1) is 0 Å². The van der Waals surface area contributed by atoms with E-state index < -0.39 is 23.5 Å². The molecule has 0 radical (unpaired) electrons. The number of nitrogens with two attached hydrogens (primary N) is 1. The third kappa shape index (κ3) is 4.78. The lowest BCUT2D eigenvalue weighted by atomic mass is 9.91. The number of alkyl halides is 6. The molecule has 0 spiro atoms. The Kier molecular flexibility index (Phi) is 6.62. The summed E-state index contributed by atoms with van der Waals surface area (Å²) in [7, 11) is 0. The van der Waals surface area contributed by atoms with Crippen molar-refractivity contribution in [3.8, 4) is 0 Å². The highest BCUT2D eigenvalue weighted by molar-refractivity contribution is 5.68. The third-order valence-corrected chi connectivity index (χ3v) is 5.93. The van der Waals surface area contributed by atoms with Crippen molar-refractivity contribution in [2.24, 2.45) is 0 Å². The van der Waals surface area contributed by atoms with Crippen molar-refractivity contribution in [1.29, 1.82) is 0 Å². The maximum absolute atomic E-state index is 13.0. The number of aliphatic hydroxyl groups is 1. The predicted molar refractivity (Wildman–Crippen MR) is 110 cm³/mol. The van der Waals surface area contributed by atoms with Crippen LogP contribution in [-0.4, -0.2) is 35.4 Å². The number of allylic oxidation sites excluding steroid dienone is 1. The molecule has 0 aromatic heterocycles. The Hall–Kier alpha value is -2.52. The molecule has 0 bridgehead atoms. The van der Waals surface area contributed by atoms with Crippen molar-refractivity contribution in [1.82, 2.24) is 4.90 Å². The molecule has 32 heavy (non-hydrogen) atoms. The third-order valence-electron chi connectivity index (χ3n) is 5.93. The molecule has 0 amide bonds. The van der Waals surface area contributed by atoms with E-state index in [0.29, 0.717) is 29.9 Å². The van der Waals surface area contributed by atoms with Crippen LogP contribution >= 0.6 is 0 Å². The topological polar surface area (TPSA) is 49.5 Å². The average molecular weight is 458 g/mol. The molecule has 1 saturated heterocycles. The SMILES string of the molecule is CC(=C1CCN(Cc2ccc(C(O)(C(F)(F)F)C(F)(F)F)cc2)CC1)c1ccc(N)cc1. The molecule has 2 aromatic carbocycles. The molecule has 3 N–H and O–H groups in total. The molecule has 0 saturated carbocycles. The summed E-state index contributed by atoms with van der Waals surface area (Å²) >= 11 is 0. The molecular weight excluding hydrogens is 434 g/mol. The van der Waals surface area contributed by atoms with Crippen LogP contribution in [0.1, 0.15) is 36.5 Å². The highest BCUT2D eigenvalue weighted by atomic mass is 19.4. The largest absolute Gasteiger partial charge is 0.430 e. The van der Waals surface area contributed by atoms with Gasteiger partial charge in [0.2, 0.25) is 0 Å². The first-order valence-corrected chi connectivity index (χ1v) is 10.0. The van der Waals surface area contributed by atoms with Crippen molar-refractivity contribution >= 4 is 11.3 Å². The van der Waals surface area contributed by atoms with Gasteiger partial charge in [-0.05, 0) is 48.6 Å². The molecule has 0 aliphatic carbocycles. The minimum atomic E-state index is -5.88. The molecule has 9 heteroatoms. The lowest BCUT2D eigenvalue weighted by Crippen LogP contribution is -2.53. The Morgan fingerprint density at radius 1 is 0.875 bits per heavy atom. The van der Waals surface area contributed by atoms with Crippen molar-refractivity contribution in [2.45, 2.75) is 44.3 Å². The monoisotopic (exact) mass is 458 g/mol. The predicted octanol–water partition coefficient (Wildman–Crippen LogP) is 5.65. The molecule has 3 rings (SSSR count). The van der Waals surface area contributed by atoms with Crippen LogP contribution in [0.5, 0.6) is 0 Å². The first kappa shape index (κ1) is 24.1. The number of halogens is 6. The molecular formula is C23H24F6N2O. The minimum absolute atomic E-state index is 0.394. The normalized spacial score (nSPS) is 16.3. The second kappa shape index (κ2) is 8.78. The lowest BCUT2D eigenvalue weighted by Gasteiger charge is -2.33. The Balaban J connectivity index is 1.67. The summed E-state index contributed by atoms with van der Waals surface area (Å²) in [4.78, 5) is 2.09. The molecule has 1 fully saturated rings. The van der Waals surface area contributed by atoms with Gasteiger partial charge in [0, 0.05) is 30.9 Å². The molecule has 0 unspecified atom stereocenters. The fourth-order valence-electron chi connectivity index (χ4n) is 3.89. The van der Waals surface area contributed by atoms with Gasteiger partial charge in [-0.3, -0.25) is 4.90 Å². The van der Waals surface area contributed by atoms with Crippen LogP contribution in [0, 0.1) is 0 Å². The summed E-state index contributed by atoms with van der Waals surface area (Å²) in [5.74, 6) is 0. The fourth-order valence-corrected chi connectivity index (χ4v) is 3.89. The highest BCUT2D eigenvalue weighted by Gasteiger charge is 2.71. The summed E-state index contributed by atoms with van der Waals surface area (Å²) in [6, 6.07) is 11.4. The molecule has 0 atom stereocenters. The van der Waals surface area contributed by atoms with Crippen LogP contribution < -0.4 is 5.73 Å². The van der Waals surface area contributed by atoms with E-state index in [0.717, 1.165) is 31.5 Å². The zero-order valence-electron chi connectivity index (χ0n) is 17.4. The van der Waals surface area contributed by atoms with Crippen molar-refractivity contribution in [2.75, 3.05) is 18.8 Å². The Morgan fingerprint density at radius 2 is 1.38 bits per heavy atom. The van der Waals surface area contributed by atoms with Crippen molar-refractivity contribution in [3.63, 3.8) is 0 Å². The van der Waals surface area contributed by atoms with Crippen molar-refractivity contribution in [3.05, 3.63) is 70.8 Å². The van der Waals surface area contributed by atoms with Crippen LogP contribution in [-0.2, 0) is 12.1 Å². The number of hydrogen-bond donors (Lipinski definition) is 2. The Morgan fingerprint density at radius 3 is 1.84 bits per heavy atom. The van der Waals surface area contributed by atoms with Gasteiger partial charge in [-0.1, -0.05) is 42.0 Å². The van der Waals surface area contributed by atoms with E-state index in [9.17, 15) is 31.4 Å². The molecule has 174 valence electrons. The zero-order chi connectivity index (χ0) is 23.7. The smallest absolute Gasteiger partial charge is 0.399 e. The molecule has 2 aromatic rings. The standard InChI is InChI=1S/C23H24F6N2O/c1-15(17-4-8-20(30)9-5-17)18-10-12-31(13-11-18)14-16-2-6-19(7-3-16)21(32,22(24,25)26)23(27,28)29/h2-9,32H,10-14,30H2,1H3. The van der Waals surface area contributed by atoms with Crippen LogP contribution in [0.15, 0.2) is 54.1 Å². The average Bonchev–Trinajstić information content (AvgIpc) is 2.73. The number of hydrogen-bond acceptors (Lipinski definition) is 3. The van der Waals surface area contributed by atoms with Gasteiger partial charge in [-0.15, -0.1) is 0 Å². The molecule has 1 heterocycles. The summed E-state index contributed by atoms with van der Waals surface area (Å²) in [5.41, 5.74) is 4.43. The summed E-state index contributed by atoms with van der Waals surface area (Å²) < 4.78 is 78.1. The van der Waals surface area contributed by atoms with E-state index in [1.165, 1.54) is 23.3 Å². The second-order valence-corrected chi connectivity index (χ2v) is 8.03. The maximum Gasteiger partial charge on any atom is 0.430 e. The van der Waals surface area contributed by atoms with Crippen molar-refractivity contribution < 1.29 is 31.4 Å². The van der Waals surface area contributed by atoms with E-state index in [2.05, 4.69) is 11.8 Å². The molecule has 1 aliphatic heterocycles. The summed E-state index contributed by atoms with van der Waals surface area (Å²) in [6.07, 6.45) is -10.1. The minimum Gasteiger partial charge on any atom is -0.399 e. The number of nitrogen functional groups attached to an aromatic ring is 1. The van der Waals surface area contributed by atoms with E-state index in [1.807, 2.05) is 24.3 Å². The van der Waals surface area contributed by atoms with Gasteiger partial charge in [-0.2, -0.15) is 26.3 Å². The van der Waals surface area contributed by atoms with Crippen LogP contribution in [0.3, 0.4) is 0 Å². The van der Waals surface area contributed by atoms with E-state index in [-0.39, 0.29) is 0 Å². The van der Waals surface area contributed by atoms with E-state index in [4.69, 9.17) is 5.73 Å². The Bertz CT molecular complexity index is 938. The van der Waals surface area contributed by atoms with Gasteiger partial charge in [0.25, 0.3) is 5.60 Å². The quantitative estimate of drug-likeness (QED) is 0.460. The first-order chi connectivity index (χ1) is 14.8. The van der Waals surface area contributed by atoms with Crippen LogP contribution in [0.25, 0.3) is 5.57 Å². The molecule has 3 nitrogen and oxygen atoms in total. The van der Waals surface area contributed by atoms with Gasteiger partial charge >= 0.3 is 12.4 Å². The number of benzene rings is 2. The highest BCUT2D eigenvalue weighted by Crippen LogP contribution is 2.50. The number of anilines is 1. The van der Waals surface area contributed by atoms with Gasteiger partial charge in [0.15, 0.2) is 0 Å². The first-order valence-electron chi connectivity index (χ1n) is 10.0. The second-order valence-electron chi connectivity index (χ2n) is 8.03. The number of piperidine rings is 1. The fraction of sp³-hybridized carbons (Fsp3) is 0.391. The van der Waals surface area contributed by atoms with Gasteiger partial charge < -0.3 is 10.8 Å². The van der Waals surface area contributed by atoms with Gasteiger partial charge in [0.1, 0.15) is 0 Å².